The molecule has 0 saturated carbocycles. The van der Waals surface area contributed by atoms with Gasteiger partial charge in [0.15, 0.2) is 0 Å². The molecule has 0 radical (unpaired) electrons. The van der Waals surface area contributed by atoms with Crippen LogP contribution in [0, 0.1) is 0 Å². The van der Waals surface area contributed by atoms with Crippen molar-refractivity contribution in [2.24, 2.45) is 0 Å². The van der Waals surface area contributed by atoms with Crippen LogP contribution in [0.25, 0.3) is 0 Å². The second kappa shape index (κ2) is 7.74. The Bertz CT molecular complexity index is 294. The summed E-state index contributed by atoms with van der Waals surface area (Å²) < 4.78 is 9.73. The molecule has 0 saturated heterocycles. The molecular formula is C13H23NO4. The first kappa shape index (κ1) is 16.5. The summed E-state index contributed by atoms with van der Waals surface area (Å²) in [6.07, 6.45) is 3.18. The van der Waals surface area contributed by atoms with Crippen LogP contribution in [0.1, 0.15) is 40.0 Å². The van der Waals surface area contributed by atoms with Gasteiger partial charge in [-0.15, -0.1) is 6.58 Å². The zero-order valence-electron chi connectivity index (χ0n) is 11.6. The second-order valence-electron chi connectivity index (χ2n) is 4.94. The fourth-order valence-electron chi connectivity index (χ4n) is 1.31. The SMILES string of the molecule is C=CCCCC(NC(=O)OC(C)(C)C)C(=O)OC. The first-order valence-corrected chi connectivity index (χ1v) is 5.98. The molecular weight excluding hydrogens is 234 g/mol. The van der Waals surface area contributed by atoms with E-state index in [4.69, 9.17) is 4.74 Å². The van der Waals surface area contributed by atoms with E-state index in [0.29, 0.717) is 6.42 Å². The van der Waals surface area contributed by atoms with Crippen molar-refractivity contribution in [1.82, 2.24) is 5.32 Å². The second-order valence-corrected chi connectivity index (χ2v) is 4.94. The van der Waals surface area contributed by atoms with E-state index in [2.05, 4.69) is 16.6 Å². The summed E-state index contributed by atoms with van der Waals surface area (Å²) >= 11 is 0. The van der Waals surface area contributed by atoms with Crippen molar-refractivity contribution in [1.29, 1.82) is 0 Å². The molecule has 1 amide bonds. The Morgan fingerprint density at radius 1 is 1.39 bits per heavy atom. The Labute approximate surface area is 109 Å². The fraction of sp³-hybridized carbons (Fsp3) is 0.692. The van der Waals surface area contributed by atoms with Gasteiger partial charge in [-0.1, -0.05) is 6.08 Å². The Kier molecular flexibility index (Phi) is 7.08. The number of carbonyl (C=O) groups is 2. The molecule has 1 N–H and O–H groups in total. The van der Waals surface area contributed by atoms with E-state index < -0.39 is 23.7 Å². The van der Waals surface area contributed by atoms with Crippen LogP contribution in [-0.4, -0.2) is 30.8 Å². The lowest BCUT2D eigenvalue weighted by Crippen LogP contribution is -2.44. The fourth-order valence-corrected chi connectivity index (χ4v) is 1.31. The molecule has 0 spiro atoms. The number of rotatable bonds is 6. The van der Waals surface area contributed by atoms with Crippen molar-refractivity contribution in [3.63, 3.8) is 0 Å². The van der Waals surface area contributed by atoms with E-state index in [-0.39, 0.29) is 0 Å². The summed E-state index contributed by atoms with van der Waals surface area (Å²) in [5.74, 6) is -0.468. The average Bonchev–Trinajstić information content (AvgIpc) is 2.24. The highest BCUT2D eigenvalue weighted by Crippen LogP contribution is 2.09. The molecule has 0 aromatic carbocycles. The van der Waals surface area contributed by atoms with E-state index in [0.717, 1.165) is 12.8 Å². The molecule has 5 heteroatoms. The maximum Gasteiger partial charge on any atom is 0.408 e. The summed E-state index contributed by atoms with van der Waals surface area (Å²) in [6.45, 7) is 8.89. The van der Waals surface area contributed by atoms with Crippen molar-refractivity contribution < 1.29 is 19.1 Å². The number of unbranched alkanes of at least 4 members (excludes halogenated alkanes) is 1. The third-order valence-electron chi connectivity index (χ3n) is 2.08. The summed E-state index contributed by atoms with van der Waals surface area (Å²) in [5.41, 5.74) is -0.591. The first-order valence-electron chi connectivity index (χ1n) is 5.98. The topological polar surface area (TPSA) is 64.6 Å². The number of carbonyl (C=O) groups excluding carboxylic acids is 2. The van der Waals surface area contributed by atoms with Crippen molar-refractivity contribution >= 4 is 12.1 Å². The number of hydrogen-bond donors (Lipinski definition) is 1. The van der Waals surface area contributed by atoms with Gasteiger partial charge in [0.1, 0.15) is 11.6 Å². The lowest BCUT2D eigenvalue weighted by molar-refractivity contribution is -0.143. The number of nitrogens with one attached hydrogen (secondary N) is 1. The third-order valence-corrected chi connectivity index (χ3v) is 2.08. The minimum atomic E-state index is -0.676. The zero-order chi connectivity index (χ0) is 14.2. The highest BCUT2D eigenvalue weighted by atomic mass is 16.6. The number of amides is 1. The van der Waals surface area contributed by atoms with Crippen LogP contribution in [0.2, 0.25) is 0 Å². The van der Waals surface area contributed by atoms with Gasteiger partial charge in [0.2, 0.25) is 0 Å². The molecule has 18 heavy (non-hydrogen) atoms. The van der Waals surface area contributed by atoms with Gasteiger partial charge >= 0.3 is 12.1 Å². The molecule has 0 aromatic heterocycles. The summed E-state index contributed by atoms with van der Waals surface area (Å²) in [4.78, 5) is 23.0. The molecule has 1 atom stereocenters. The first-order chi connectivity index (χ1) is 8.30. The Morgan fingerprint density at radius 3 is 2.44 bits per heavy atom. The Hall–Kier alpha value is -1.52. The summed E-state index contributed by atoms with van der Waals surface area (Å²) in [7, 11) is 1.29. The van der Waals surface area contributed by atoms with Gasteiger partial charge in [0, 0.05) is 0 Å². The van der Waals surface area contributed by atoms with E-state index in [1.807, 2.05) is 0 Å². The number of hydrogen-bond acceptors (Lipinski definition) is 4. The molecule has 5 nitrogen and oxygen atoms in total. The van der Waals surface area contributed by atoms with Crippen LogP contribution in [0.3, 0.4) is 0 Å². The van der Waals surface area contributed by atoms with Gasteiger partial charge in [-0.2, -0.15) is 0 Å². The normalized spacial score (nSPS) is 12.4. The van der Waals surface area contributed by atoms with Gasteiger partial charge in [-0.3, -0.25) is 0 Å². The van der Waals surface area contributed by atoms with Crippen molar-refractivity contribution in [3.8, 4) is 0 Å². The average molecular weight is 257 g/mol. The molecule has 0 aliphatic carbocycles. The van der Waals surface area contributed by atoms with Crippen molar-refractivity contribution in [3.05, 3.63) is 12.7 Å². The molecule has 0 aliphatic rings. The summed E-state index contributed by atoms with van der Waals surface area (Å²) in [5, 5.41) is 2.51. The van der Waals surface area contributed by atoms with Gasteiger partial charge in [0.25, 0.3) is 0 Å². The molecule has 104 valence electrons. The molecule has 0 heterocycles. The standard InChI is InChI=1S/C13H23NO4/c1-6-7-8-9-10(11(15)17-5)14-12(16)18-13(2,3)4/h6,10H,1,7-9H2,2-5H3,(H,14,16). The molecule has 0 fully saturated rings. The van der Waals surface area contributed by atoms with Crippen LogP contribution >= 0.6 is 0 Å². The van der Waals surface area contributed by atoms with Gasteiger partial charge in [-0.25, -0.2) is 9.59 Å². The number of esters is 1. The van der Waals surface area contributed by atoms with Crippen LogP contribution in [0.5, 0.6) is 0 Å². The quantitative estimate of drug-likeness (QED) is 0.451. The molecule has 0 aliphatic heterocycles. The van der Waals surface area contributed by atoms with Crippen molar-refractivity contribution in [2.75, 3.05) is 7.11 Å². The number of alkyl carbamates (subject to hydrolysis) is 1. The van der Waals surface area contributed by atoms with Crippen LogP contribution < -0.4 is 5.32 Å². The highest BCUT2D eigenvalue weighted by molar-refractivity contribution is 5.81. The minimum Gasteiger partial charge on any atom is -0.467 e. The Balaban J connectivity index is 4.35. The minimum absolute atomic E-state index is 0.468. The predicted molar refractivity (Wildman–Crippen MR) is 69.2 cm³/mol. The monoisotopic (exact) mass is 257 g/mol. The van der Waals surface area contributed by atoms with Crippen LogP contribution in [-0.2, 0) is 14.3 Å². The van der Waals surface area contributed by atoms with Crippen LogP contribution in [0.15, 0.2) is 12.7 Å². The van der Waals surface area contributed by atoms with Gasteiger partial charge in [0.05, 0.1) is 7.11 Å². The third kappa shape index (κ3) is 7.70. The molecule has 0 rings (SSSR count). The predicted octanol–water partition coefficient (Wildman–Crippen LogP) is 2.41. The number of ether oxygens (including phenoxy) is 2. The lowest BCUT2D eigenvalue weighted by atomic mass is 10.1. The van der Waals surface area contributed by atoms with E-state index >= 15 is 0 Å². The number of allylic oxidation sites excluding steroid dienone is 1. The van der Waals surface area contributed by atoms with Gasteiger partial charge < -0.3 is 14.8 Å². The molecule has 0 bridgehead atoms. The lowest BCUT2D eigenvalue weighted by Gasteiger charge is -2.22. The zero-order valence-corrected chi connectivity index (χ0v) is 11.6. The smallest absolute Gasteiger partial charge is 0.408 e. The summed E-state index contributed by atoms with van der Waals surface area (Å²) in [6, 6.07) is -0.676. The largest absolute Gasteiger partial charge is 0.467 e. The highest BCUT2D eigenvalue weighted by Gasteiger charge is 2.24. The van der Waals surface area contributed by atoms with E-state index in [1.54, 1.807) is 26.8 Å². The molecule has 0 aromatic rings. The maximum atomic E-state index is 11.6. The van der Waals surface area contributed by atoms with E-state index in [9.17, 15) is 9.59 Å². The van der Waals surface area contributed by atoms with Crippen LogP contribution in [0.4, 0.5) is 4.79 Å². The molecule has 1 unspecified atom stereocenters. The number of methoxy groups -OCH3 is 1. The Morgan fingerprint density at radius 2 is 2.00 bits per heavy atom. The van der Waals surface area contributed by atoms with Crippen molar-refractivity contribution in [2.45, 2.75) is 51.7 Å². The maximum absolute atomic E-state index is 11.6. The van der Waals surface area contributed by atoms with E-state index in [1.165, 1.54) is 7.11 Å². The van der Waals surface area contributed by atoms with Gasteiger partial charge in [-0.05, 0) is 40.0 Å².